The third-order valence-electron chi connectivity index (χ3n) is 2.42. The summed E-state index contributed by atoms with van der Waals surface area (Å²) < 4.78 is 4.91. The average molecular weight is 212 g/mol. The van der Waals surface area contributed by atoms with Gasteiger partial charge in [0.2, 0.25) is 5.71 Å². The first kappa shape index (κ1) is 8.91. The predicted molar refractivity (Wildman–Crippen MR) is 60.1 cm³/mol. The smallest absolute Gasteiger partial charge is 0.389 e. The van der Waals surface area contributed by atoms with Gasteiger partial charge in [-0.25, -0.2) is 9.78 Å². The first-order valence-corrected chi connectivity index (χ1v) is 4.88. The van der Waals surface area contributed by atoms with E-state index in [1.165, 1.54) is 0 Å². The van der Waals surface area contributed by atoms with E-state index < -0.39 is 5.76 Å². The summed E-state index contributed by atoms with van der Waals surface area (Å²) >= 11 is 0. The SMILES string of the molecule is O=c1[nH]c2c(-c3ccccc3)ccnc2o1. The molecular weight excluding hydrogens is 204 g/mol. The van der Waals surface area contributed by atoms with Crippen LogP contribution in [0.3, 0.4) is 0 Å². The van der Waals surface area contributed by atoms with Gasteiger partial charge in [-0.15, -0.1) is 0 Å². The molecule has 0 aliphatic carbocycles. The van der Waals surface area contributed by atoms with Crippen molar-refractivity contribution in [3.63, 3.8) is 0 Å². The second kappa shape index (κ2) is 3.34. The molecule has 1 aromatic carbocycles. The fraction of sp³-hybridized carbons (Fsp3) is 0. The highest BCUT2D eigenvalue weighted by molar-refractivity contribution is 5.88. The Balaban J connectivity index is 2.36. The van der Waals surface area contributed by atoms with Crippen LogP contribution in [0.15, 0.2) is 51.8 Å². The molecule has 4 nitrogen and oxygen atoms in total. The van der Waals surface area contributed by atoms with Crippen LogP contribution in [0.2, 0.25) is 0 Å². The number of pyridine rings is 1. The van der Waals surface area contributed by atoms with E-state index in [-0.39, 0.29) is 0 Å². The first-order valence-electron chi connectivity index (χ1n) is 4.88. The second-order valence-corrected chi connectivity index (χ2v) is 3.42. The lowest BCUT2D eigenvalue weighted by atomic mass is 10.1. The Kier molecular flexibility index (Phi) is 1.86. The van der Waals surface area contributed by atoms with E-state index in [0.29, 0.717) is 11.2 Å². The summed E-state index contributed by atoms with van der Waals surface area (Å²) in [6.45, 7) is 0. The van der Waals surface area contributed by atoms with Crippen molar-refractivity contribution in [1.82, 2.24) is 9.97 Å². The lowest BCUT2D eigenvalue weighted by molar-refractivity contribution is 0.545. The highest BCUT2D eigenvalue weighted by atomic mass is 16.4. The molecule has 3 aromatic rings. The summed E-state index contributed by atoms with van der Waals surface area (Å²) in [6.07, 6.45) is 1.63. The minimum Gasteiger partial charge on any atom is -0.389 e. The zero-order valence-corrected chi connectivity index (χ0v) is 8.31. The van der Waals surface area contributed by atoms with Crippen molar-refractivity contribution >= 4 is 11.2 Å². The van der Waals surface area contributed by atoms with E-state index >= 15 is 0 Å². The molecule has 0 atom stereocenters. The Bertz CT molecular complexity index is 683. The van der Waals surface area contributed by atoms with E-state index in [2.05, 4.69) is 9.97 Å². The Morgan fingerprint density at radius 2 is 1.94 bits per heavy atom. The number of fused-ring (bicyclic) bond motifs is 1. The number of nitrogens with one attached hydrogen (secondary N) is 1. The maximum absolute atomic E-state index is 11.1. The molecule has 0 spiro atoms. The van der Waals surface area contributed by atoms with E-state index in [1.54, 1.807) is 6.20 Å². The molecule has 0 bridgehead atoms. The van der Waals surface area contributed by atoms with Crippen LogP contribution in [0.1, 0.15) is 0 Å². The molecule has 1 N–H and O–H groups in total. The number of benzene rings is 1. The van der Waals surface area contributed by atoms with Crippen LogP contribution >= 0.6 is 0 Å². The number of hydrogen-bond acceptors (Lipinski definition) is 3. The Hall–Kier alpha value is -2.36. The van der Waals surface area contributed by atoms with Crippen molar-refractivity contribution in [3.8, 4) is 11.1 Å². The number of oxazole rings is 1. The summed E-state index contributed by atoms with van der Waals surface area (Å²) in [4.78, 5) is 17.7. The molecule has 0 saturated heterocycles. The van der Waals surface area contributed by atoms with Crippen molar-refractivity contribution in [3.05, 3.63) is 53.1 Å². The second-order valence-electron chi connectivity index (χ2n) is 3.42. The van der Waals surface area contributed by atoms with Crippen LogP contribution < -0.4 is 5.76 Å². The molecule has 0 unspecified atom stereocenters. The lowest BCUT2D eigenvalue weighted by Crippen LogP contribution is -1.93. The van der Waals surface area contributed by atoms with Crippen LogP contribution in [0.5, 0.6) is 0 Å². The Morgan fingerprint density at radius 3 is 2.75 bits per heavy atom. The van der Waals surface area contributed by atoms with Gasteiger partial charge in [0, 0.05) is 11.8 Å². The monoisotopic (exact) mass is 212 g/mol. The van der Waals surface area contributed by atoms with Gasteiger partial charge in [-0.2, -0.15) is 0 Å². The van der Waals surface area contributed by atoms with Gasteiger partial charge in [0.25, 0.3) is 0 Å². The highest BCUT2D eigenvalue weighted by Crippen LogP contribution is 2.24. The van der Waals surface area contributed by atoms with Crippen LogP contribution in [0.25, 0.3) is 22.4 Å². The van der Waals surface area contributed by atoms with Gasteiger partial charge < -0.3 is 4.42 Å². The Labute approximate surface area is 90.6 Å². The number of H-pyrrole nitrogens is 1. The fourth-order valence-corrected chi connectivity index (χ4v) is 1.71. The third kappa shape index (κ3) is 1.32. The summed E-state index contributed by atoms with van der Waals surface area (Å²) in [6, 6.07) is 11.6. The minimum absolute atomic E-state index is 0.339. The topological polar surface area (TPSA) is 58.9 Å². The average Bonchev–Trinajstić information content (AvgIpc) is 2.70. The molecule has 0 radical (unpaired) electrons. The number of nitrogens with zero attached hydrogens (tertiary/aromatic N) is 1. The van der Waals surface area contributed by atoms with Crippen LogP contribution in [0.4, 0.5) is 0 Å². The quantitative estimate of drug-likeness (QED) is 0.672. The standard InChI is InChI=1S/C12H8N2O2/c15-12-14-10-9(6-7-13-11(10)16-12)8-4-2-1-3-5-8/h1-7H,(H,14,15). The molecule has 78 valence electrons. The number of rotatable bonds is 1. The van der Waals surface area contributed by atoms with Gasteiger partial charge >= 0.3 is 5.76 Å². The molecule has 0 saturated carbocycles. The molecule has 0 amide bonds. The van der Waals surface area contributed by atoms with Crippen LogP contribution in [0, 0.1) is 0 Å². The van der Waals surface area contributed by atoms with Crippen LogP contribution in [-0.2, 0) is 0 Å². The van der Waals surface area contributed by atoms with Gasteiger partial charge in [-0.05, 0) is 11.6 Å². The van der Waals surface area contributed by atoms with Gasteiger partial charge in [0.05, 0.1) is 0 Å². The molecule has 2 aromatic heterocycles. The number of hydrogen-bond donors (Lipinski definition) is 1. The predicted octanol–water partition coefficient (Wildman–Crippen LogP) is 2.18. The summed E-state index contributed by atoms with van der Waals surface area (Å²) in [5, 5.41) is 0. The van der Waals surface area contributed by atoms with E-state index in [0.717, 1.165) is 11.1 Å². The van der Waals surface area contributed by atoms with E-state index in [1.807, 2.05) is 36.4 Å². The summed E-state index contributed by atoms with van der Waals surface area (Å²) in [5.74, 6) is -0.481. The Morgan fingerprint density at radius 1 is 1.12 bits per heavy atom. The molecule has 16 heavy (non-hydrogen) atoms. The largest absolute Gasteiger partial charge is 0.418 e. The van der Waals surface area contributed by atoms with Crippen molar-refractivity contribution in [2.24, 2.45) is 0 Å². The molecule has 0 fully saturated rings. The zero-order chi connectivity index (χ0) is 11.0. The highest BCUT2D eigenvalue weighted by Gasteiger charge is 2.08. The maximum Gasteiger partial charge on any atom is 0.418 e. The van der Waals surface area contributed by atoms with Crippen molar-refractivity contribution in [1.29, 1.82) is 0 Å². The zero-order valence-electron chi connectivity index (χ0n) is 8.31. The normalized spacial score (nSPS) is 10.8. The van der Waals surface area contributed by atoms with Gasteiger partial charge in [0.1, 0.15) is 5.52 Å². The first-order chi connectivity index (χ1) is 7.84. The fourth-order valence-electron chi connectivity index (χ4n) is 1.71. The minimum atomic E-state index is -0.481. The van der Waals surface area contributed by atoms with Gasteiger partial charge in [-0.3, -0.25) is 4.98 Å². The number of aromatic nitrogens is 2. The molecule has 4 heteroatoms. The van der Waals surface area contributed by atoms with E-state index in [4.69, 9.17) is 4.42 Å². The maximum atomic E-state index is 11.1. The van der Waals surface area contributed by atoms with Crippen LogP contribution in [-0.4, -0.2) is 9.97 Å². The molecule has 0 aliphatic heterocycles. The lowest BCUT2D eigenvalue weighted by Gasteiger charge is -2.00. The number of aromatic amines is 1. The van der Waals surface area contributed by atoms with Gasteiger partial charge in [-0.1, -0.05) is 30.3 Å². The molecule has 3 rings (SSSR count). The van der Waals surface area contributed by atoms with Crippen molar-refractivity contribution in [2.45, 2.75) is 0 Å². The summed E-state index contributed by atoms with van der Waals surface area (Å²) in [7, 11) is 0. The molecule has 2 heterocycles. The molecular formula is C12H8N2O2. The van der Waals surface area contributed by atoms with Crippen molar-refractivity contribution in [2.75, 3.05) is 0 Å². The molecule has 0 aliphatic rings. The van der Waals surface area contributed by atoms with Crippen molar-refractivity contribution < 1.29 is 4.42 Å². The summed E-state index contributed by atoms with van der Waals surface area (Å²) in [5.41, 5.74) is 2.91. The van der Waals surface area contributed by atoms with Gasteiger partial charge in [0.15, 0.2) is 0 Å². The van der Waals surface area contributed by atoms with E-state index in [9.17, 15) is 4.79 Å². The third-order valence-corrected chi connectivity index (χ3v) is 2.42.